The Bertz CT molecular complexity index is 3990. The summed E-state index contributed by atoms with van der Waals surface area (Å²) < 4.78 is 56.2. The van der Waals surface area contributed by atoms with Crippen LogP contribution in [0.2, 0.25) is 35.2 Å². The van der Waals surface area contributed by atoms with Crippen LogP contribution in [0, 0.1) is 20.2 Å². The van der Waals surface area contributed by atoms with E-state index in [2.05, 4.69) is 89.1 Å². The molecule has 8 aromatic rings. The Balaban J connectivity index is 0.000000175. The molecule has 4 aliphatic rings. The summed E-state index contributed by atoms with van der Waals surface area (Å²) >= 11 is 57.5. The van der Waals surface area contributed by atoms with Crippen LogP contribution in [0.15, 0.2) is 118 Å². The second kappa shape index (κ2) is 37.5. The number of nitrogens with two attached hydrogens (primary N) is 1. The van der Waals surface area contributed by atoms with Gasteiger partial charge in [0.05, 0.1) is 97.5 Å². The van der Waals surface area contributed by atoms with Gasteiger partial charge >= 0.3 is 11.9 Å². The van der Waals surface area contributed by atoms with Crippen LogP contribution in [0.5, 0.6) is 34.5 Å². The minimum Gasteiger partial charge on any atom is -0.506 e. The standard InChI is InChI=1S/C12H16BrClO3.C10H8ClNO5.C10H10ClNO3.C8H5BrClNO3.C8H6BrClO.C8H4BrClO.C6H4BrClO/c1-3-15-12(16-4-2)8-17-11-7-9(13)5-6-10(11)14;1-16-10(13)8-5-2-3-17-9(5)6(11)4-7(8)12(14)15;1-14-10(13)8-5-2-3-15-9(5)6(11)4-7(8)12;9-7-4-1-2-14-8(4)5(10)3-6(7)11(12)13;2*9-6-1-2-7(10)8-5(6)3-4-11-8;7-4-1-2-5(8)6(9)3-4/h5-7,12H,3-4,8H2,1-2H3;4H,2-3H2,1H3;4H,2-3,12H2,1H3;3H,1-2H2;1-2H,3-4H2;1-4H;1-3,9H. The lowest BCUT2D eigenvalue weighted by Gasteiger charge is -2.18. The van der Waals surface area contributed by atoms with Crippen LogP contribution in [0.25, 0.3) is 11.0 Å². The number of carbonyl (C=O) groups is 2. The van der Waals surface area contributed by atoms with E-state index >= 15 is 0 Å². The number of furan rings is 1. The number of nitrogens with zero attached hydrogens (tertiary/aromatic N) is 2. The Morgan fingerprint density at radius 3 is 1.54 bits per heavy atom. The fourth-order valence-electron chi connectivity index (χ4n) is 8.87. The minimum atomic E-state index is -0.755. The van der Waals surface area contributed by atoms with E-state index in [-0.39, 0.29) is 34.0 Å². The fourth-order valence-corrected chi connectivity index (χ4v) is 12.7. The maximum atomic E-state index is 11.6. The van der Waals surface area contributed by atoms with E-state index < -0.39 is 21.8 Å². The number of ether oxygens (including phenoxy) is 9. The normalized spacial score (nSPS) is 12.3. The number of anilines is 1. The minimum absolute atomic E-state index is 0.0146. The Labute approximate surface area is 615 Å². The van der Waals surface area contributed by atoms with Gasteiger partial charge in [-0.15, -0.1) is 0 Å². The van der Waals surface area contributed by atoms with Crippen molar-refractivity contribution in [2.75, 3.05) is 66.2 Å². The number of esters is 2. The van der Waals surface area contributed by atoms with E-state index in [4.69, 9.17) is 130 Å². The molecule has 3 N–H and O–H groups in total. The molecule has 0 saturated heterocycles. The molecule has 94 heavy (non-hydrogen) atoms. The molecule has 0 unspecified atom stereocenters. The first-order chi connectivity index (χ1) is 44.8. The highest BCUT2D eigenvalue weighted by Crippen LogP contribution is 2.45. The SMILES string of the molecule is CCOC(COc1cc(Br)ccc1Cl)OCC.COC(=O)c1c(N)cc(Cl)c2c1CCO2.COC(=O)c1c([N+](=O)[O-])cc(Cl)c2c1CCO2.Clc1ccc(Br)c2c1OCC2.Clc1ccc(Br)c2ccoc12.O=[N+]([O-])c1cc(Cl)c2c(c1Br)CCO2.Oc1cc(Br)ccc1Cl. The maximum Gasteiger partial charge on any atom is 0.345 e. The van der Waals surface area contributed by atoms with Gasteiger partial charge in [0.2, 0.25) is 0 Å². The molecule has 0 radical (unpaired) electrons. The second-order valence-corrected chi connectivity index (χ2v) is 26.1. The van der Waals surface area contributed by atoms with E-state index in [1.807, 2.05) is 50.2 Å². The molecule has 0 spiro atoms. The lowest BCUT2D eigenvalue weighted by atomic mass is 10.0. The lowest BCUT2D eigenvalue weighted by molar-refractivity contribution is -0.385. The van der Waals surface area contributed by atoms with Crippen LogP contribution in [-0.4, -0.2) is 93.6 Å². The summed E-state index contributed by atoms with van der Waals surface area (Å²) in [4.78, 5) is 43.5. The molecule has 0 atom stereocenters. The topological polar surface area (TPSA) is 263 Å². The molecule has 32 heteroatoms. The molecule has 4 aliphatic heterocycles. The van der Waals surface area contributed by atoms with Crippen LogP contribution in [0.1, 0.15) is 56.8 Å². The van der Waals surface area contributed by atoms with Crippen molar-refractivity contribution in [1.29, 1.82) is 0 Å². The van der Waals surface area contributed by atoms with Crippen molar-refractivity contribution in [2.45, 2.75) is 45.8 Å². The molecule has 20 nitrogen and oxygen atoms in total. The smallest absolute Gasteiger partial charge is 0.345 e. The number of phenols is 1. The number of fused-ring (bicyclic) bond motifs is 5. The first-order valence-electron chi connectivity index (χ1n) is 27.4. The van der Waals surface area contributed by atoms with Crippen LogP contribution in [0.4, 0.5) is 17.1 Å². The van der Waals surface area contributed by atoms with Crippen LogP contribution in [0.3, 0.4) is 0 Å². The fraction of sp³-hybridized carbons (Fsp3) is 0.258. The Hall–Kier alpha value is -5.23. The Morgan fingerprint density at radius 1 is 0.564 bits per heavy atom. The molecular weight excluding hydrogens is 1710 g/mol. The third-order valence-corrected chi connectivity index (χ3v) is 18.4. The summed E-state index contributed by atoms with van der Waals surface area (Å²) in [5, 5.41) is 34.7. The molecule has 0 aliphatic carbocycles. The quantitative estimate of drug-likeness (QED) is 0.0401. The van der Waals surface area contributed by atoms with Gasteiger partial charge in [-0.25, -0.2) is 9.59 Å². The second-order valence-electron chi connectivity index (χ2n) is 18.9. The summed E-state index contributed by atoms with van der Waals surface area (Å²) in [7, 11) is 2.49. The summed E-state index contributed by atoms with van der Waals surface area (Å²) in [5.74, 6) is 1.80. The van der Waals surface area contributed by atoms with E-state index in [0.717, 1.165) is 64.8 Å². The average Bonchev–Trinajstić information content (AvgIpc) is 1.52. The number of hydrogen-bond acceptors (Lipinski definition) is 18. The summed E-state index contributed by atoms with van der Waals surface area (Å²) in [6.07, 6.45) is 3.90. The number of benzene rings is 7. The first-order valence-corrected chi connectivity index (χ1v) is 34.0. The highest BCUT2D eigenvalue weighted by Gasteiger charge is 2.33. The van der Waals surface area contributed by atoms with Crippen molar-refractivity contribution < 1.29 is 71.6 Å². The predicted molar refractivity (Wildman–Crippen MR) is 380 cm³/mol. The Kier molecular flexibility index (Phi) is 31.0. The van der Waals surface area contributed by atoms with Crippen molar-refractivity contribution >= 4 is 201 Å². The maximum absolute atomic E-state index is 11.6. The van der Waals surface area contributed by atoms with Crippen LogP contribution < -0.4 is 29.4 Å². The molecule has 0 amide bonds. The molecule has 0 saturated carbocycles. The monoisotopic (exact) mass is 1750 g/mol. The van der Waals surface area contributed by atoms with Crippen molar-refractivity contribution in [3.63, 3.8) is 0 Å². The van der Waals surface area contributed by atoms with Crippen molar-refractivity contribution in [1.82, 2.24) is 0 Å². The molecule has 0 fully saturated rings. The number of hydrogen-bond donors (Lipinski definition) is 2. The zero-order chi connectivity index (χ0) is 69.1. The van der Waals surface area contributed by atoms with Gasteiger partial charge in [-0.3, -0.25) is 20.2 Å². The van der Waals surface area contributed by atoms with E-state index in [0.29, 0.717) is 133 Å². The highest BCUT2D eigenvalue weighted by molar-refractivity contribution is 9.11. The molecule has 1 aromatic heterocycles. The van der Waals surface area contributed by atoms with Crippen molar-refractivity contribution in [3.8, 4) is 34.5 Å². The van der Waals surface area contributed by atoms with E-state index in [9.17, 15) is 29.8 Å². The summed E-state index contributed by atoms with van der Waals surface area (Å²) in [5.41, 5.74) is 9.88. The Morgan fingerprint density at radius 2 is 1.02 bits per heavy atom. The number of nitro groups is 2. The first kappa shape index (κ1) is 77.8. The van der Waals surface area contributed by atoms with Gasteiger partial charge in [0.1, 0.15) is 51.1 Å². The van der Waals surface area contributed by atoms with E-state index in [1.54, 1.807) is 36.6 Å². The third-order valence-electron chi connectivity index (χ3n) is 13.0. The van der Waals surface area contributed by atoms with Crippen LogP contribution in [-0.2, 0) is 44.6 Å². The molecule has 502 valence electrons. The van der Waals surface area contributed by atoms with Gasteiger partial charge in [0.25, 0.3) is 11.4 Å². The number of rotatable bonds is 11. The third kappa shape index (κ3) is 20.7. The number of nitrogen functional groups attached to an aromatic ring is 1. The van der Waals surface area contributed by atoms with Gasteiger partial charge in [-0.1, -0.05) is 145 Å². The zero-order valence-electron chi connectivity index (χ0n) is 49.5. The number of carbonyl (C=O) groups excluding carboxylic acids is 2. The number of methoxy groups -OCH3 is 2. The predicted octanol–water partition coefficient (Wildman–Crippen LogP) is 20.1. The summed E-state index contributed by atoms with van der Waals surface area (Å²) in [6.45, 7) is 7.45. The van der Waals surface area contributed by atoms with Gasteiger partial charge in [-0.05, 0) is 103 Å². The zero-order valence-corrected chi connectivity index (χ0v) is 62.7. The van der Waals surface area contributed by atoms with Gasteiger partial charge in [0, 0.05) is 102 Å². The number of halogens is 12. The van der Waals surface area contributed by atoms with Crippen molar-refractivity contribution in [2.24, 2.45) is 0 Å². The average molecular weight is 1760 g/mol. The molecular formula is C62H53Br5Cl7N3O17. The highest BCUT2D eigenvalue weighted by atomic mass is 79.9. The molecule has 7 aromatic carbocycles. The van der Waals surface area contributed by atoms with Crippen molar-refractivity contribution in [3.05, 3.63) is 202 Å². The van der Waals surface area contributed by atoms with Gasteiger partial charge in [0.15, 0.2) is 11.9 Å². The van der Waals surface area contributed by atoms with Crippen LogP contribution >= 0.6 is 161 Å². The van der Waals surface area contributed by atoms with Gasteiger partial charge in [-0.2, -0.15) is 0 Å². The number of aromatic hydroxyl groups is 1. The lowest BCUT2D eigenvalue weighted by Crippen LogP contribution is -2.25. The largest absolute Gasteiger partial charge is 0.506 e. The van der Waals surface area contributed by atoms with E-state index in [1.165, 1.54) is 31.9 Å². The molecule has 0 bridgehead atoms. The molecule has 5 heterocycles. The number of phenolic OH excluding ortho intramolecular Hbond substituents is 1. The molecule has 12 rings (SSSR count). The van der Waals surface area contributed by atoms with Gasteiger partial charge < -0.3 is 57.9 Å². The number of nitro benzene ring substituents is 2. The summed E-state index contributed by atoms with van der Waals surface area (Å²) in [6, 6.07) is 23.7.